The minimum Gasteiger partial charge on any atom is -1.00 e. The first-order valence-electron chi connectivity index (χ1n) is 9.19. The number of aromatic nitrogens is 7. The van der Waals surface area contributed by atoms with E-state index in [-0.39, 0.29) is 36.7 Å². The van der Waals surface area contributed by atoms with Gasteiger partial charge in [0.25, 0.3) is 0 Å². The number of hydrogen-bond acceptors (Lipinski definition) is 8. The van der Waals surface area contributed by atoms with E-state index < -0.39 is 0 Å². The molecule has 1 aromatic carbocycles. The van der Waals surface area contributed by atoms with Gasteiger partial charge >= 0.3 is 29.6 Å². The van der Waals surface area contributed by atoms with Crippen molar-refractivity contribution in [1.82, 2.24) is 34.7 Å². The van der Waals surface area contributed by atoms with Gasteiger partial charge in [0.15, 0.2) is 5.82 Å². The van der Waals surface area contributed by atoms with Crippen molar-refractivity contribution in [3.8, 4) is 28.5 Å². The summed E-state index contributed by atoms with van der Waals surface area (Å²) in [5.74, 6) is 1.53. The molecule has 0 amide bonds. The molecule has 0 aliphatic carbocycles. The van der Waals surface area contributed by atoms with Crippen LogP contribution in [0.2, 0.25) is 0 Å². The molecular weight excluding hydrogens is 395 g/mol. The third-order valence-corrected chi connectivity index (χ3v) is 4.77. The Morgan fingerprint density at radius 2 is 1.87 bits per heavy atom. The molecule has 0 unspecified atom stereocenters. The first kappa shape index (κ1) is 20.5. The van der Waals surface area contributed by atoms with Crippen LogP contribution >= 0.6 is 0 Å². The maximum Gasteiger partial charge on any atom is 1.00 e. The van der Waals surface area contributed by atoms with Crippen molar-refractivity contribution in [2.45, 2.75) is 0 Å². The molecule has 148 valence electrons. The number of anilines is 1. The van der Waals surface area contributed by atoms with Gasteiger partial charge in [-0.25, -0.2) is 19.3 Å². The van der Waals surface area contributed by atoms with Gasteiger partial charge in [-0.05, 0) is 12.1 Å². The molecule has 4 heterocycles. The van der Waals surface area contributed by atoms with Crippen LogP contribution in [0.15, 0.2) is 55.2 Å². The zero-order valence-corrected chi connectivity index (χ0v) is 18.5. The average Bonchev–Trinajstić information content (AvgIpc) is 3.45. The van der Waals surface area contributed by atoms with Gasteiger partial charge in [0.1, 0.15) is 29.3 Å². The van der Waals surface area contributed by atoms with E-state index in [0.29, 0.717) is 36.0 Å². The van der Waals surface area contributed by atoms with Crippen LogP contribution in [-0.4, -0.2) is 66.2 Å². The smallest absolute Gasteiger partial charge is 1.00 e. The molecule has 0 spiro atoms. The number of ether oxygens (including phenoxy) is 1. The van der Waals surface area contributed by atoms with E-state index >= 15 is 0 Å². The molecule has 5 rings (SSSR count). The third kappa shape index (κ3) is 3.82. The first-order chi connectivity index (χ1) is 14.3. The molecule has 0 bridgehead atoms. The number of aromatic hydroxyl groups is 1. The zero-order valence-electron chi connectivity index (χ0n) is 17.5. The van der Waals surface area contributed by atoms with E-state index in [1.54, 1.807) is 40.1 Å². The van der Waals surface area contributed by atoms with E-state index in [1.165, 1.54) is 6.33 Å². The molecular formula is C19H19N8NaO2. The number of rotatable bonds is 4. The summed E-state index contributed by atoms with van der Waals surface area (Å²) in [6, 6.07) is 8.98. The number of phenolic OH excluding ortho intramolecular Hbond substituents is 1. The van der Waals surface area contributed by atoms with Crippen molar-refractivity contribution in [3.63, 3.8) is 0 Å². The number of nitrogens with zero attached hydrogens (tertiary/aromatic N) is 8. The van der Waals surface area contributed by atoms with Crippen molar-refractivity contribution >= 4 is 5.82 Å². The molecule has 1 N–H and O–H groups in total. The van der Waals surface area contributed by atoms with Crippen molar-refractivity contribution in [1.29, 1.82) is 0 Å². The molecule has 10 nitrogen and oxygen atoms in total. The summed E-state index contributed by atoms with van der Waals surface area (Å²) in [7, 11) is 0. The van der Waals surface area contributed by atoms with Crippen LogP contribution in [0.25, 0.3) is 22.8 Å². The van der Waals surface area contributed by atoms with Gasteiger partial charge in [-0.1, -0.05) is 17.3 Å². The largest absolute Gasteiger partial charge is 1.00 e. The number of para-hydroxylation sites is 1. The monoisotopic (exact) mass is 414 g/mol. The molecule has 0 saturated carbocycles. The van der Waals surface area contributed by atoms with Crippen LogP contribution in [-0.2, 0) is 4.74 Å². The maximum atomic E-state index is 10.5. The van der Waals surface area contributed by atoms with Crippen LogP contribution in [0, 0.1) is 0 Å². The Morgan fingerprint density at radius 1 is 1.07 bits per heavy atom. The molecule has 3 aromatic heterocycles. The van der Waals surface area contributed by atoms with Crippen molar-refractivity contribution < 1.29 is 40.8 Å². The van der Waals surface area contributed by atoms with Gasteiger partial charge in [0.2, 0.25) is 0 Å². The molecule has 1 saturated heterocycles. The molecule has 30 heavy (non-hydrogen) atoms. The predicted octanol–water partition coefficient (Wildman–Crippen LogP) is -1.43. The first-order valence-corrected chi connectivity index (χ1v) is 9.19. The van der Waals surface area contributed by atoms with Gasteiger partial charge < -0.3 is 16.2 Å². The number of hydrogen-bond donors (Lipinski definition) is 1. The minimum atomic E-state index is 0. The fraction of sp³-hybridized carbons (Fsp3) is 0.211. The summed E-state index contributed by atoms with van der Waals surface area (Å²) in [4.78, 5) is 11.0. The van der Waals surface area contributed by atoms with Crippen LogP contribution in [0.1, 0.15) is 1.43 Å². The molecule has 11 heteroatoms. The number of morpholine rings is 1. The minimum absolute atomic E-state index is 0. The molecule has 1 aliphatic rings. The van der Waals surface area contributed by atoms with Gasteiger partial charge in [0, 0.05) is 24.7 Å². The van der Waals surface area contributed by atoms with Crippen molar-refractivity contribution in [2.75, 3.05) is 31.2 Å². The van der Waals surface area contributed by atoms with Crippen LogP contribution < -0.4 is 34.5 Å². The second kappa shape index (κ2) is 8.92. The van der Waals surface area contributed by atoms with Gasteiger partial charge in [-0.2, -0.15) is 5.10 Å². The normalized spacial score (nSPS) is 13.8. The van der Waals surface area contributed by atoms with Crippen molar-refractivity contribution in [3.05, 3.63) is 55.2 Å². The van der Waals surface area contributed by atoms with Crippen LogP contribution in [0.4, 0.5) is 5.82 Å². The molecule has 4 aromatic rings. The summed E-state index contributed by atoms with van der Waals surface area (Å²) < 4.78 is 8.71. The van der Waals surface area contributed by atoms with Gasteiger partial charge in [-0.15, -0.1) is 5.10 Å². The molecule has 0 atom stereocenters. The Hall–Kier alpha value is -2.79. The second-order valence-electron chi connectivity index (χ2n) is 6.49. The SMILES string of the molecule is Oc1ccccc1-c1c(-n2ccnn2)cnn1-c1cc(N2CCOCC2)ncn1.[H-].[Na+]. The van der Waals surface area contributed by atoms with E-state index in [2.05, 4.69) is 30.3 Å². The van der Waals surface area contributed by atoms with Crippen LogP contribution in [0.5, 0.6) is 5.75 Å². The fourth-order valence-electron chi connectivity index (χ4n) is 3.36. The Kier molecular flexibility index (Phi) is 6.09. The number of benzene rings is 1. The predicted molar refractivity (Wildman–Crippen MR) is 105 cm³/mol. The Bertz CT molecular complexity index is 1130. The quantitative estimate of drug-likeness (QED) is 0.405. The maximum absolute atomic E-state index is 10.5. The summed E-state index contributed by atoms with van der Waals surface area (Å²) >= 11 is 0. The van der Waals surface area contributed by atoms with E-state index in [4.69, 9.17) is 4.74 Å². The summed E-state index contributed by atoms with van der Waals surface area (Å²) in [6.45, 7) is 2.87. The van der Waals surface area contributed by atoms with E-state index in [0.717, 1.165) is 18.9 Å². The van der Waals surface area contributed by atoms with Gasteiger partial charge in [0.05, 0.1) is 31.8 Å². The standard InChI is InChI=1S/C19H18N8O2.Na.H/c28-16-4-2-1-3-14(16)19-15(26-6-5-22-24-26)12-23-27(19)18-11-17(20-13-21-18)25-7-9-29-10-8-25;;/h1-6,11-13,28H,7-10H2;;/q;+1;-1. The van der Waals surface area contributed by atoms with E-state index in [1.807, 2.05) is 18.2 Å². The van der Waals surface area contributed by atoms with Crippen LogP contribution in [0.3, 0.4) is 0 Å². The fourth-order valence-corrected chi connectivity index (χ4v) is 3.36. The molecule has 0 radical (unpaired) electrons. The average molecular weight is 414 g/mol. The van der Waals surface area contributed by atoms with E-state index in [9.17, 15) is 5.11 Å². The second-order valence-corrected chi connectivity index (χ2v) is 6.49. The summed E-state index contributed by atoms with van der Waals surface area (Å²) in [5.41, 5.74) is 1.94. The van der Waals surface area contributed by atoms with Gasteiger partial charge in [-0.3, -0.25) is 0 Å². The Balaban J connectivity index is 0.00000136. The Morgan fingerprint density at radius 3 is 2.63 bits per heavy atom. The third-order valence-electron chi connectivity index (χ3n) is 4.77. The Labute approximate surface area is 195 Å². The molecule has 1 fully saturated rings. The summed E-state index contributed by atoms with van der Waals surface area (Å²) in [5, 5.41) is 23.0. The zero-order chi connectivity index (χ0) is 19.6. The van der Waals surface area contributed by atoms with Crippen molar-refractivity contribution in [2.24, 2.45) is 0 Å². The topological polar surface area (TPSA) is 107 Å². The summed E-state index contributed by atoms with van der Waals surface area (Å²) in [6.07, 6.45) is 6.51. The molecule has 1 aliphatic heterocycles. The number of phenols is 1.